The maximum Gasteiger partial charge on any atom is 0.309 e. The second-order valence-electron chi connectivity index (χ2n) is 8.29. The van der Waals surface area contributed by atoms with Crippen LogP contribution in [-0.2, 0) is 9.53 Å². The molecule has 28 heavy (non-hydrogen) atoms. The molecule has 0 N–H and O–H groups in total. The summed E-state index contributed by atoms with van der Waals surface area (Å²) in [7, 11) is 0. The first-order valence-corrected chi connectivity index (χ1v) is 10.7. The standard InChI is InChI=1S/C24H30FNO2/c25-22-13-11-20(12-14-22)19-7-9-21(10-8-19)24(27)28-23-15-5-18(6-16-23)4-2-1-3-17-26/h1,3,11-14,18-19,21,23H,2,4-10,15-16H2/b3-1+. The van der Waals surface area contributed by atoms with E-state index < -0.39 is 0 Å². The van der Waals surface area contributed by atoms with Crippen LogP contribution in [0.15, 0.2) is 36.4 Å². The normalized spacial score (nSPS) is 28.0. The lowest BCUT2D eigenvalue weighted by Crippen LogP contribution is -2.29. The summed E-state index contributed by atoms with van der Waals surface area (Å²) in [4.78, 5) is 12.6. The Morgan fingerprint density at radius 2 is 1.75 bits per heavy atom. The second-order valence-corrected chi connectivity index (χ2v) is 8.29. The second kappa shape index (κ2) is 10.4. The summed E-state index contributed by atoms with van der Waals surface area (Å²) >= 11 is 0. The zero-order chi connectivity index (χ0) is 19.8. The Morgan fingerprint density at radius 1 is 1.07 bits per heavy atom. The molecule has 1 aromatic rings. The number of allylic oxidation sites excluding steroid dienone is 2. The van der Waals surface area contributed by atoms with Crippen LogP contribution in [0.2, 0.25) is 0 Å². The minimum absolute atomic E-state index is 0.0158. The summed E-state index contributed by atoms with van der Waals surface area (Å²) < 4.78 is 18.9. The third kappa shape index (κ3) is 5.92. The van der Waals surface area contributed by atoms with E-state index in [1.165, 1.54) is 17.7 Å². The summed E-state index contributed by atoms with van der Waals surface area (Å²) in [5.41, 5.74) is 1.18. The highest BCUT2D eigenvalue weighted by molar-refractivity contribution is 5.72. The van der Waals surface area contributed by atoms with Crippen LogP contribution < -0.4 is 0 Å². The lowest BCUT2D eigenvalue weighted by atomic mass is 9.78. The predicted octanol–water partition coefficient (Wildman–Crippen LogP) is 6.06. The van der Waals surface area contributed by atoms with Gasteiger partial charge in [-0.05, 0) is 93.7 Å². The number of nitriles is 1. The van der Waals surface area contributed by atoms with Crippen LogP contribution in [-0.4, -0.2) is 12.1 Å². The van der Waals surface area contributed by atoms with Crippen LogP contribution >= 0.6 is 0 Å². The van der Waals surface area contributed by atoms with Gasteiger partial charge < -0.3 is 4.74 Å². The molecule has 2 aliphatic carbocycles. The largest absolute Gasteiger partial charge is 0.462 e. The molecule has 2 saturated carbocycles. The van der Waals surface area contributed by atoms with Crippen molar-refractivity contribution in [3.05, 3.63) is 47.8 Å². The third-order valence-corrected chi connectivity index (χ3v) is 6.41. The van der Waals surface area contributed by atoms with Crippen molar-refractivity contribution in [2.24, 2.45) is 11.8 Å². The van der Waals surface area contributed by atoms with Gasteiger partial charge in [-0.25, -0.2) is 4.39 Å². The van der Waals surface area contributed by atoms with Gasteiger partial charge in [0.1, 0.15) is 11.9 Å². The molecule has 0 aliphatic heterocycles. The van der Waals surface area contributed by atoms with Gasteiger partial charge >= 0.3 is 5.97 Å². The summed E-state index contributed by atoms with van der Waals surface area (Å²) in [5, 5.41) is 8.51. The summed E-state index contributed by atoms with van der Waals surface area (Å²) in [6.45, 7) is 0. The van der Waals surface area contributed by atoms with Gasteiger partial charge in [-0.3, -0.25) is 4.79 Å². The number of ether oxygens (including phenoxy) is 1. The number of esters is 1. The molecule has 0 amide bonds. The minimum atomic E-state index is -0.200. The fourth-order valence-electron chi connectivity index (χ4n) is 4.66. The number of benzene rings is 1. The molecule has 150 valence electrons. The first-order valence-electron chi connectivity index (χ1n) is 10.7. The van der Waals surface area contributed by atoms with Gasteiger partial charge in [-0.15, -0.1) is 0 Å². The van der Waals surface area contributed by atoms with E-state index >= 15 is 0 Å². The van der Waals surface area contributed by atoms with Crippen molar-refractivity contribution in [2.75, 3.05) is 0 Å². The average Bonchev–Trinajstić information content (AvgIpc) is 2.73. The molecule has 0 atom stereocenters. The molecule has 0 spiro atoms. The van der Waals surface area contributed by atoms with E-state index in [-0.39, 0.29) is 23.8 Å². The van der Waals surface area contributed by atoms with E-state index in [9.17, 15) is 9.18 Å². The molecular formula is C24H30FNO2. The van der Waals surface area contributed by atoms with Crippen LogP contribution in [0.3, 0.4) is 0 Å². The van der Waals surface area contributed by atoms with Crippen LogP contribution in [0, 0.1) is 29.0 Å². The van der Waals surface area contributed by atoms with Crippen molar-refractivity contribution >= 4 is 5.97 Å². The number of halogens is 1. The van der Waals surface area contributed by atoms with Gasteiger partial charge in [-0.2, -0.15) is 5.26 Å². The lowest BCUT2D eigenvalue weighted by Gasteiger charge is -2.31. The Kier molecular flexibility index (Phi) is 7.65. The number of carbonyl (C=O) groups is 1. The molecule has 0 heterocycles. The number of rotatable bonds is 6. The highest BCUT2D eigenvalue weighted by Crippen LogP contribution is 2.37. The van der Waals surface area contributed by atoms with Crippen LogP contribution in [0.4, 0.5) is 4.39 Å². The quantitative estimate of drug-likeness (QED) is 0.443. The lowest BCUT2D eigenvalue weighted by molar-refractivity contribution is -0.157. The van der Waals surface area contributed by atoms with Gasteiger partial charge in [-0.1, -0.05) is 18.2 Å². The molecule has 2 aliphatic rings. The Hall–Kier alpha value is -2.15. The van der Waals surface area contributed by atoms with E-state index in [0.29, 0.717) is 11.8 Å². The van der Waals surface area contributed by atoms with Crippen LogP contribution in [0.5, 0.6) is 0 Å². The van der Waals surface area contributed by atoms with Crippen molar-refractivity contribution < 1.29 is 13.9 Å². The van der Waals surface area contributed by atoms with Gasteiger partial charge in [0.25, 0.3) is 0 Å². The first-order chi connectivity index (χ1) is 13.7. The van der Waals surface area contributed by atoms with E-state index in [4.69, 9.17) is 10.00 Å². The fraction of sp³-hybridized carbons (Fsp3) is 0.583. The van der Waals surface area contributed by atoms with Crippen molar-refractivity contribution in [2.45, 2.75) is 76.2 Å². The first kappa shape index (κ1) is 20.6. The van der Waals surface area contributed by atoms with Gasteiger partial charge in [0.2, 0.25) is 0 Å². The number of hydrogen-bond donors (Lipinski definition) is 0. The Labute approximate surface area is 167 Å². The van der Waals surface area contributed by atoms with Gasteiger partial charge in [0.15, 0.2) is 0 Å². The van der Waals surface area contributed by atoms with Crippen LogP contribution in [0.25, 0.3) is 0 Å². The van der Waals surface area contributed by atoms with Crippen molar-refractivity contribution in [1.82, 2.24) is 0 Å². The summed E-state index contributed by atoms with van der Waals surface area (Å²) in [6, 6.07) is 8.80. The monoisotopic (exact) mass is 383 g/mol. The molecule has 1 aromatic carbocycles. The molecule has 4 heteroatoms. The fourth-order valence-corrected chi connectivity index (χ4v) is 4.66. The smallest absolute Gasteiger partial charge is 0.309 e. The van der Waals surface area contributed by atoms with Crippen molar-refractivity contribution in [3.8, 4) is 6.07 Å². The molecule has 3 nitrogen and oxygen atoms in total. The molecule has 0 aromatic heterocycles. The Bertz CT molecular complexity index is 690. The zero-order valence-electron chi connectivity index (χ0n) is 16.5. The number of hydrogen-bond acceptors (Lipinski definition) is 3. The highest BCUT2D eigenvalue weighted by atomic mass is 19.1. The van der Waals surface area contributed by atoms with Crippen molar-refractivity contribution in [3.63, 3.8) is 0 Å². The van der Waals surface area contributed by atoms with E-state index in [2.05, 4.69) is 0 Å². The molecule has 0 radical (unpaired) electrons. The van der Waals surface area contributed by atoms with E-state index in [0.717, 1.165) is 64.2 Å². The Morgan fingerprint density at radius 3 is 2.39 bits per heavy atom. The average molecular weight is 384 g/mol. The minimum Gasteiger partial charge on any atom is -0.462 e. The maximum atomic E-state index is 13.1. The van der Waals surface area contributed by atoms with E-state index in [1.54, 1.807) is 6.08 Å². The molecule has 0 unspecified atom stereocenters. The summed E-state index contributed by atoms with van der Waals surface area (Å²) in [6.07, 6.45) is 13.4. The SMILES string of the molecule is N#C/C=C/CCC1CCC(OC(=O)C2CCC(c3ccc(F)cc3)CC2)CC1. The maximum absolute atomic E-state index is 13.1. The summed E-state index contributed by atoms with van der Waals surface area (Å²) in [5.74, 6) is 0.914. The highest BCUT2D eigenvalue weighted by Gasteiger charge is 2.31. The van der Waals surface area contributed by atoms with Gasteiger partial charge in [0.05, 0.1) is 12.0 Å². The molecule has 0 saturated heterocycles. The Balaban J connectivity index is 1.36. The van der Waals surface area contributed by atoms with E-state index in [1.807, 2.05) is 24.3 Å². The molecular weight excluding hydrogens is 353 g/mol. The molecule has 0 bridgehead atoms. The number of carbonyl (C=O) groups excluding carboxylic acids is 1. The van der Waals surface area contributed by atoms with Crippen LogP contribution in [0.1, 0.15) is 75.7 Å². The molecule has 2 fully saturated rings. The third-order valence-electron chi connectivity index (χ3n) is 6.41. The van der Waals surface area contributed by atoms with Crippen molar-refractivity contribution in [1.29, 1.82) is 5.26 Å². The van der Waals surface area contributed by atoms with Gasteiger partial charge in [0, 0.05) is 6.08 Å². The zero-order valence-corrected chi connectivity index (χ0v) is 16.5. The number of nitrogens with zero attached hydrogens (tertiary/aromatic N) is 1. The topological polar surface area (TPSA) is 50.1 Å². The molecule has 3 rings (SSSR count). The predicted molar refractivity (Wildman–Crippen MR) is 107 cm³/mol.